The molecule has 3 aromatic carbocycles. The van der Waals surface area contributed by atoms with Gasteiger partial charge in [-0.15, -0.1) is 0 Å². The van der Waals surface area contributed by atoms with Crippen molar-refractivity contribution in [2.24, 2.45) is 5.92 Å². The van der Waals surface area contributed by atoms with Crippen LogP contribution in [0.1, 0.15) is 18.1 Å². The number of rotatable bonds is 5. The Morgan fingerprint density at radius 2 is 1.48 bits per heavy atom. The molecule has 1 atom stereocenters. The summed E-state index contributed by atoms with van der Waals surface area (Å²) in [6.07, 6.45) is 0.893. The van der Waals surface area contributed by atoms with Gasteiger partial charge in [-0.05, 0) is 58.4 Å². The normalized spacial score (nSPS) is 11.9. The number of halogens is 1. The minimum absolute atomic E-state index is 0.325. The molecule has 126 valence electrons. The van der Waals surface area contributed by atoms with Crippen LogP contribution in [0.5, 0.6) is 0 Å². The Balaban J connectivity index is 1.74. The maximum atomic E-state index is 6.06. The van der Waals surface area contributed by atoms with Crippen LogP contribution in [0.15, 0.2) is 79.4 Å². The highest BCUT2D eigenvalue weighted by Crippen LogP contribution is 2.29. The number of nitrogen functional groups attached to an aromatic ring is 1. The Hall–Kier alpha value is -2.51. The van der Waals surface area contributed by atoms with E-state index in [0.717, 1.165) is 28.3 Å². The van der Waals surface area contributed by atoms with Crippen LogP contribution >= 0.6 is 11.6 Å². The van der Waals surface area contributed by atoms with Crippen LogP contribution in [0.2, 0.25) is 5.02 Å². The smallest absolute Gasteiger partial charge is 0.0406 e. The molecule has 0 bridgehead atoms. The molecule has 3 rings (SSSR count). The molecule has 0 saturated carbocycles. The molecule has 0 aliphatic carbocycles. The Morgan fingerprint density at radius 1 is 0.920 bits per heavy atom. The van der Waals surface area contributed by atoms with Crippen molar-refractivity contribution >= 4 is 22.9 Å². The van der Waals surface area contributed by atoms with Crippen molar-refractivity contribution < 1.29 is 0 Å². The largest absolute Gasteiger partial charge is 0.399 e. The van der Waals surface area contributed by atoms with Gasteiger partial charge in [-0.2, -0.15) is 0 Å². The summed E-state index contributed by atoms with van der Waals surface area (Å²) in [7, 11) is 0. The Kier molecular flexibility index (Phi) is 5.25. The summed E-state index contributed by atoms with van der Waals surface area (Å²) in [5, 5.41) is 0.753. The zero-order chi connectivity index (χ0) is 17.8. The van der Waals surface area contributed by atoms with E-state index in [9.17, 15) is 0 Å². The topological polar surface area (TPSA) is 26.0 Å². The second kappa shape index (κ2) is 7.58. The minimum atomic E-state index is 0.325. The number of anilines is 1. The first kappa shape index (κ1) is 17.3. The lowest BCUT2D eigenvalue weighted by molar-refractivity contribution is 0.747. The molecule has 0 spiro atoms. The van der Waals surface area contributed by atoms with Gasteiger partial charge in [0.25, 0.3) is 0 Å². The van der Waals surface area contributed by atoms with Gasteiger partial charge in [0, 0.05) is 10.7 Å². The molecular weight excluding hydrogens is 326 g/mol. The first-order valence-electron chi connectivity index (χ1n) is 8.43. The minimum Gasteiger partial charge on any atom is -0.399 e. The molecule has 0 aromatic heterocycles. The van der Waals surface area contributed by atoms with Crippen molar-refractivity contribution in [1.82, 2.24) is 0 Å². The molecule has 0 fully saturated rings. The molecular formula is C23H22ClN. The lowest BCUT2D eigenvalue weighted by atomic mass is 9.89. The van der Waals surface area contributed by atoms with Gasteiger partial charge in [0.05, 0.1) is 0 Å². The monoisotopic (exact) mass is 347 g/mol. The number of para-hydroxylation sites is 1. The van der Waals surface area contributed by atoms with E-state index in [1.807, 2.05) is 42.5 Å². The van der Waals surface area contributed by atoms with Gasteiger partial charge >= 0.3 is 0 Å². The fraction of sp³-hybridized carbons (Fsp3) is 0.130. The van der Waals surface area contributed by atoms with Gasteiger partial charge in [-0.3, -0.25) is 0 Å². The summed E-state index contributed by atoms with van der Waals surface area (Å²) < 4.78 is 0. The molecule has 1 unspecified atom stereocenters. The predicted octanol–water partition coefficient (Wildman–Crippen LogP) is 6.48. The average Bonchev–Trinajstić information content (AvgIpc) is 2.64. The lowest BCUT2D eigenvalue weighted by Gasteiger charge is -2.17. The van der Waals surface area contributed by atoms with Crippen molar-refractivity contribution in [2.45, 2.75) is 13.3 Å². The third-order valence-electron chi connectivity index (χ3n) is 4.61. The number of hydrogen-bond donors (Lipinski definition) is 1. The maximum Gasteiger partial charge on any atom is 0.0406 e. The van der Waals surface area contributed by atoms with E-state index in [0.29, 0.717) is 5.92 Å². The Morgan fingerprint density at radius 3 is 2.08 bits per heavy atom. The first-order chi connectivity index (χ1) is 12.0. The number of allylic oxidation sites excluding steroid dienone is 1. The van der Waals surface area contributed by atoms with Crippen LogP contribution in [0.3, 0.4) is 0 Å². The zero-order valence-electron chi connectivity index (χ0n) is 14.4. The van der Waals surface area contributed by atoms with Gasteiger partial charge in [-0.1, -0.05) is 79.7 Å². The second-order valence-electron chi connectivity index (χ2n) is 6.41. The molecule has 0 radical (unpaired) electrons. The van der Waals surface area contributed by atoms with Gasteiger partial charge in [0.2, 0.25) is 0 Å². The SMILES string of the molecule is C=C(c1ccc(-c2ccc(Cl)cc2)cc1)C(C)Cc1ccccc1N. The summed E-state index contributed by atoms with van der Waals surface area (Å²) in [4.78, 5) is 0. The summed E-state index contributed by atoms with van der Waals surface area (Å²) in [5.74, 6) is 0.325. The van der Waals surface area contributed by atoms with Crippen LogP contribution < -0.4 is 5.73 Å². The zero-order valence-corrected chi connectivity index (χ0v) is 15.1. The van der Waals surface area contributed by atoms with Gasteiger partial charge in [-0.25, -0.2) is 0 Å². The fourth-order valence-corrected chi connectivity index (χ4v) is 3.10. The molecule has 2 N–H and O–H groups in total. The Bertz CT molecular complexity index is 863. The van der Waals surface area contributed by atoms with Crippen molar-refractivity contribution in [3.8, 4) is 11.1 Å². The quantitative estimate of drug-likeness (QED) is 0.525. The van der Waals surface area contributed by atoms with E-state index in [1.54, 1.807) is 0 Å². The number of benzene rings is 3. The van der Waals surface area contributed by atoms with Crippen molar-refractivity contribution in [3.05, 3.63) is 95.5 Å². The molecule has 25 heavy (non-hydrogen) atoms. The molecule has 0 saturated heterocycles. The number of nitrogens with two attached hydrogens (primary N) is 1. The molecule has 2 heteroatoms. The average molecular weight is 348 g/mol. The molecule has 0 amide bonds. The highest BCUT2D eigenvalue weighted by Gasteiger charge is 2.11. The van der Waals surface area contributed by atoms with Crippen molar-refractivity contribution in [1.29, 1.82) is 0 Å². The fourth-order valence-electron chi connectivity index (χ4n) is 2.98. The summed E-state index contributed by atoms with van der Waals surface area (Å²) in [6.45, 7) is 6.50. The van der Waals surface area contributed by atoms with Gasteiger partial charge in [0.1, 0.15) is 0 Å². The van der Waals surface area contributed by atoms with Crippen LogP contribution in [-0.2, 0) is 6.42 Å². The van der Waals surface area contributed by atoms with Crippen LogP contribution in [0.25, 0.3) is 16.7 Å². The van der Waals surface area contributed by atoms with Crippen LogP contribution in [-0.4, -0.2) is 0 Å². The lowest BCUT2D eigenvalue weighted by Crippen LogP contribution is -2.04. The molecule has 1 nitrogen and oxygen atoms in total. The van der Waals surface area contributed by atoms with E-state index >= 15 is 0 Å². The van der Waals surface area contributed by atoms with E-state index in [2.05, 4.69) is 43.8 Å². The van der Waals surface area contributed by atoms with Gasteiger partial charge < -0.3 is 5.73 Å². The highest BCUT2D eigenvalue weighted by molar-refractivity contribution is 6.30. The van der Waals surface area contributed by atoms with E-state index in [-0.39, 0.29) is 0 Å². The molecule has 0 aliphatic heterocycles. The van der Waals surface area contributed by atoms with Crippen LogP contribution in [0.4, 0.5) is 5.69 Å². The molecule has 0 aliphatic rings. The van der Waals surface area contributed by atoms with Crippen molar-refractivity contribution in [2.75, 3.05) is 5.73 Å². The first-order valence-corrected chi connectivity index (χ1v) is 8.81. The van der Waals surface area contributed by atoms with Crippen molar-refractivity contribution in [3.63, 3.8) is 0 Å². The highest BCUT2D eigenvalue weighted by atomic mass is 35.5. The van der Waals surface area contributed by atoms with Gasteiger partial charge in [0.15, 0.2) is 0 Å². The van der Waals surface area contributed by atoms with Crippen LogP contribution in [0, 0.1) is 5.92 Å². The third kappa shape index (κ3) is 4.12. The maximum absolute atomic E-state index is 6.06. The summed E-state index contributed by atoms with van der Waals surface area (Å²) in [6, 6.07) is 24.5. The standard InChI is InChI=1S/C23H22ClN/c1-16(15-21-5-3-4-6-23(21)25)17(2)18-7-9-19(10-8-18)20-11-13-22(24)14-12-20/h3-14,16H,2,15,25H2,1H3. The predicted molar refractivity (Wildman–Crippen MR) is 110 cm³/mol. The molecule has 3 aromatic rings. The second-order valence-corrected chi connectivity index (χ2v) is 6.85. The van der Waals surface area contributed by atoms with E-state index in [1.165, 1.54) is 16.7 Å². The third-order valence-corrected chi connectivity index (χ3v) is 4.86. The Labute approximate surface area is 154 Å². The molecule has 0 heterocycles. The summed E-state index contributed by atoms with van der Waals surface area (Å²) >= 11 is 5.96. The van der Waals surface area contributed by atoms with E-state index in [4.69, 9.17) is 17.3 Å². The summed E-state index contributed by atoms with van der Waals surface area (Å²) in [5.41, 5.74) is 12.7. The van der Waals surface area contributed by atoms with E-state index < -0.39 is 0 Å². The number of hydrogen-bond acceptors (Lipinski definition) is 1.